The zero-order chi connectivity index (χ0) is 21.7. The number of halogens is 1. The van der Waals surface area contributed by atoms with Crippen LogP contribution in [0.1, 0.15) is 26.3 Å². The summed E-state index contributed by atoms with van der Waals surface area (Å²) < 4.78 is 14.2. The Hall–Kier alpha value is -2.78. The van der Waals surface area contributed by atoms with E-state index in [4.69, 9.17) is 0 Å². The van der Waals surface area contributed by atoms with Gasteiger partial charge in [-0.15, -0.1) is 0 Å². The third kappa shape index (κ3) is 3.18. The Morgan fingerprint density at radius 1 is 1.30 bits per heavy atom. The smallest absolute Gasteiger partial charge is 0.310 e. The van der Waals surface area contributed by atoms with Gasteiger partial charge in [-0.3, -0.25) is 20.0 Å². The molecule has 4 atom stereocenters. The number of carbonyl (C=O) groups is 2. The molecule has 0 saturated carbocycles. The van der Waals surface area contributed by atoms with Crippen molar-refractivity contribution in [1.29, 1.82) is 0 Å². The van der Waals surface area contributed by atoms with Gasteiger partial charge in [0, 0.05) is 12.6 Å². The molecule has 4 unspecified atom stereocenters. The number of rotatable bonds is 4. The maximum Gasteiger partial charge on any atom is 0.328 e. The van der Waals surface area contributed by atoms with Crippen molar-refractivity contribution < 1.29 is 14.0 Å². The first-order chi connectivity index (χ1) is 14.2. The number of hydrogen-bond donors (Lipinski definition) is 1. The largest absolute Gasteiger partial charge is 0.328 e. The van der Waals surface area contributed by atoms with Gasteiger partial charge in [0.15, 0.2) is 6.29 Å². The molecule has 3 aliphatic heterocycles. The summed E-state index contributed by atoms with van der Waals surface area (Å²) in [6.45, 7) is 10.3. The molecule has 8 nitrogen and oxygen atoms in total. The van der Waals surface area contributed by atoms with Gasteiger partial charge in [-0.2, -0.15) is 5.10 Å². The number of nitrogens with zero attached hydrogens (tertiary/aromatic N) is 5. The zero-order valence-electron chi connectivity index (χ0n) is 17.7. The van der Waals surface area contributed by atoms with Crippen molar-refractivity contribution in [2.45, 2.75) is 51.9 Å². The molecule has 2 fully saturated rings. The van der Waals surface area contributed by atoms with Crippen LogP contribution in [0, 0.1) is 5.82 Å². The highest BCUT2D eigenvalue weighted by Gasteiger charge is 2.57. The summed E-state index contributed by atoms with van der Waals surface area (Å²) in [6.07, 6.45) is -0.842. The van der Waals surface area contributed by atoms with Crippen LogP contribution in [-0.4, -0.2) is 75.5 Å². The number of fused-ring (bicyclic) bond motifs is 3. The van der Waals surface area contributed by atoms with Gasteiger partial charge < -0.3 is 4.90 Å². The highest BCUT2D eigenvalue weighted by molar-refractivity contribution is 6.01. The maximum atomic E-state index is 14.2. The lowest BCUT2D eigenvalue weighted by molar-refractivity contribution is -0.140. The van der Waals surface area contributed by atoms with Crippen LogP contribution in [0.2, 0.25) is 0 Å². The average Bonchev–Trinajstić information content (AvgIpc) is 3.10. The van der Waals surface area contributed by atoms with Crippen LogP contribution in [0.3, 0.4) is 0 Å². The van der Waals surface area contributed by atoms with Crippen LogP contribution in [-0.2, 0) is 11.3 Å². The Bertz CT molecular complexity index is 934. The minimum Gasteiger partial charge on any atom is -0.310 e. The second kappa shape index (κ2) is 7.48. The first-order valence-corrected chi connectivity index (χ1v) is 10.0. The van der Waals surface area contributed by atoms with E-state index in [1.54, 1.807) is 25.2 Å². The van der Waals surface area contributed by atoms with E-state index >= 15 is 0 Å². The molecular weight excluding hydrogens is 387 g/mol. The first-order valence-electron chi connectivity index (χ1n) is 10.0. The van der Waals surface area contributed by atoms with E-state index in [1.807, 2.05) is 25.8 Å². The SMILES string of the molecule is C=C(C)CN1N=C(C)C(C)N2C3C(=O)N(Cc4ccccc4F)C(=O)N(C)C3NC12. The quantitative estimate of drug-likeness (QED) is 0.761. The molecule has 160 valence electrons. The molecular formula is C21H27FN6O2. The van der Waals surface area contributed by atoms with Gasteiger partial charge in [0.2, 0.25) is 0 Å². The van der Waals surface area contributed by atoms with Gasteiger partial charge in [-0.25, -0.2) is 14.1 Å². The second-order valence-corrected chi connectivity index (χ2v) is 8.26. The molecule has 0 radical (unpaired) electrons. The van der Waals surface area contributed by atoms with E-state index in [1.165, 1.54) is 11.0 Å². The number of amides is 3. The van der Waals surface area contributed by atoms with Crippen LogP contribution in [0.15, 0.2) is 41.5 Å². The van der Waals surface area contributed by atoms with Gasteiger partial charge in [0.25, 0.3) is 5.91 Å². The summed E-state index contributed by atoms with van der Waals surface area (Å²) in [5.41, 5.74) is 2.12. The normalized spacial score (nSPS) is 29.1. The number of hydrogen-bond acceptors (Lipinski definition) is 6. The molecule has 2 saturated heterocycles. The van der Waals surface area contributed by atoms with Crippen LogP contribution in [0.4, 0.5) is 9.18 Å². The van der Waals surface area contributed by atoms with Crippen LogP contribution < -0.4 is 5.32 Å². The van der Waals surface area contributed by atoms with E-state index < -0.39 is 24.1 Å². The van der Waals surface area contributed by atoms with Gasteiger partial charge in [0.05, 0.1) is 24.8 Å². The summed E-state index contributed by atoms with van der Waals surface area (Å²) in [4.78, 5) is 31.2. The lowest BCUT2D eigenvalue weighted by atomic mass is 10.0. The predicted octanol–water partition coefficient (Wildman–Crippen LogP) is 1.76. The molecule has 0 bridgehead atoms. The fourth-order valence-corrected chi connectivity index (χ4v) is 4.38. The summed E-state index contributed by atoms with van der Waals surface area (Å²) in [5.74, 6) is -0.773. The van der Waals surface area contributed by atoms with E-state index in [9.17, 15) is 14.0 Å². The number of hydrazone groups is 1. The van der Waals surface area contributed by atoms with Crippen LogP contribution in [0.5, 0.6) is 0 Å². The Morgan fingerprint density at radius 3 is 2.67 bits per heavy atom. The van der Waals surface area contributed by atoms with Gasteiger partial charge in [-0.05, 0) is 26.8 Å². The average molecular weight is 414 g/mol. The van der Waals surface area contributed by atoms with Gasteiger partial charge in [0.1, 0.15) is 18.0 Å². The van der Waals surface area contributed by atoms with Crippen molar-refractivity contribution in [1.82, 2.24) is 25.0 Å². The van der Waals surface area contributed by atoms with E-state index in [0.29, 0.717) is 12.1 Å². The topological polar surface area (TPSA) is 71.5 Å². The molecule has 9 heteroatoms. The number of urea groups is 1. The number of imide groups is 1. The number of benzene rings is 1. The fraction of sp³-hybridized carbons (Fsp3) is 0.476. The Kier molecular flexibility index (Phi) is 5.11. The van der Waals surface area contributed by atoms with E-state index in [-0.39, 0.29) is 24.8 Å². The van der Waals surface area contributed by atoms with Crippen molar-refractivity contribution >= 4 is 17.6 Å². The van der Waals surface area contributed by atoms with Crippen molar-refractivity contribution in [3.8, 4) is 0 Å². The molecule has 3 aliphatic rings. The Labute approximate surface area is 175 Å². The molecule has 3 amide bonds. The maximum absolute atomic E-state index is 14.2. The van der Waals surface area contributed by atoms with E-state index in [0.717, 1.165) is 16.2 Å². The molecule has 1 aromatic rings. The summed E-state index contributed by atoms with van der Waals surface area (Å²) in [7, 11) is 1.66. The molecule has 0 spiro atoms. The fourth-order valence-electron chi connectivity index (χ4n) is 4.38. The van der Waals surface area contributed by atoms with Crippen molar-refractivity contribution in [3.63, 3.8) is 0 Å². The molecule has 0 aliphatic carbocycles. The Morgan fingerprint density at radius 2 is 2.00 bits per heavy atom. The second-order valence-electron chi connectivity index (χ2n) is 8.26. The number of nitrogens with one attached hydrogen (secondary N) is 1. The molecule has 30 heavy (non-hydrogen) atoms. The van der Waals surface area contributed by atoms with Crippen molar-refractivity contribution in [2.75, 3.05) is 13.6 Å². The first kappa shape index (κ1) is 20.5. The highest BCUT2D eigenvalue weighted by atomic mass is 19.1. The molecule has 1 aromatic carbocycles. The van der Waals surface area contributed by atoms with Crippen LogP contribution >= 0.6 is 0 Å². The minimum absolute atomic E-state index is 0.0975. The zero-order valence-corrected chi connectivity index (χ0v) is 17.7. The van der Waals surface area contributed by atoms with Crippen molar-refractivity contribution in [2.24, 2.45) is 5.10 Å². The lowest BCUT2D eigenvalue weighted by Gasteiger charge is -2.45. The predicted molar refractivity (Wildman–Crippen MR) is 111 cm³/mol. The number of likely N-dealkylation sites (N-methyl/N-ethyl adjacent to an activating group) is 1. The molecule has 1 N–H and O–H groups in total. The van der Waals surface area contributed by atoms with Gasteiger partial charge >= 0.3 is 6.03 Å². The van der Waals surface area contributed by atoms with Crippen LogP contribution in [0.25, 0.3) is 0 Å². The van der Waals surface area contributed by atoms with E-state index in [2.05, 4.69) is 21.9 Å². The third-order valence-electron chi connectivity index (χ3n) is 6.03. The molecule has 4 rings (SSSR count). The minimum atomic E-state index is -0.599. The number of carbonyl (C=O) groups excluding carboxylic acids is 2. The summed E-state index contributed by atoms with van der Waals surface area (Å²) >= 11 is 0. The highest BCUT2D eigenvalue weighted by Crippen LogP contribution is 2.33. The molecule has 0 aromatic heterocycles. The summed E-state index contributed by atoms with van der Waals surface area (Å²) in [5, 5.41) is 9.94. The van der Waals surface area contributed by atoms with Gasteiger partial charge in [-0.1, -0.05) is 30.4 Å². The monoisotopic (exact) mass is 414 g/mol. The summed E-state index contributed by atoms with van der Waals surface area (Å²) in [6, 6.07) is 5.05. The van der Waals surface area contributed by atoms with Crippen molar-refractivity contribution in [3.05, 3.63) is 47.8 Å². The molecule has 3 heterocycles. The lowest BCUT2D eigenvalue weighted by Crippen LogP contribution is -2.67. The standard InChI is InChI=1S/C21H27FN6O2/c1-12(2)10-27-20-23-18-17(28(20)14(4)13(3)24-27)19(29)26(21(30)25(18)5)11-15-8-6-7-9-16(15)22/h6-9,14,17-18,20,23H,1,10-11H2,2-5H3. The third-order valence-corrected chi connectivity index (χ3v) is 6.03. The Balaban J connectivity index is 1.68.